The van der Waals surface area contributed by atoms with Crippen LogP contribution in [0.5, 0.6) is 5.75 Å². The summed E-state index contributed by atoms with van der Waals surface area (Å²) in [6.45, 7) is 7.94. The van der Waals surface area contributed by atoms with Crippen LogP contribution in [0.15, 0.2) is 75.6 Å². The van der Waals surface area contributed by atoms with Crippen LogP contribution in [0.4, 0.5) is 18.9 Å². The molecule has 3 N–H and O–H groups in total. The number of aromatic nitrogens is 1. The molecular formula is C39H40F3N3O8. The van der Waals surface area contributed by atoms with Gasteiger partial charge in [-0.2, -0.15) is 0 Å². The Morgan fingerprint density at radius 1 is 0.906 bits per heavy atom. The minimum atomic E-state index is -0.935. The predicted octanol–water partition coefficient (Wildman–Crippen LogP) is 7.20. The van der Waals surface area contributed by atoms with E-state index in [9.17, 15) is 28.2 Å². The van der Waals surface area contributed by atoms with Crippen LogP contribution in [0.2, 0.25) is 0 Å². The van der Waals surface area contributed by atoms with Gasteiger partial charge < -0.3 is 43.6 Å². The third-order valence-electron chi connectivity index (χ3n) is 7.94. The van der Waals surface area contributed by atoms with E-state index in [4.69, 9.17) is 23.2 Å². The Labute approximate surface area is 303 Å². The summed E-state index contributed by atoms with van der Waals surface area (Å²) in [6, 6.07) is 16.1. The number of nitrogens with zero attached hydrogens (tertiary/aromatic N) is 2. The van der Waals surface area contributed by atoms with Crippen LogP contribution in [0, 0.1) is 17.5 Å². The molecule has 1 amide bonds. The molecule has 0 aliphatic carbocycles. The number of carbonyl (C=O) groups is 3. The van der Waals surface area contributed by atoms with Crippen molar-refractivity contribution in [1.29, 1.82) is 0 Å². The van der Waals surface area contributed by atoms with Crippen molar-refractivity contribution in [2.75, 3.05) is 39.3 Å². The highest BCUT2D eigenvalue weighted by atomic mass is 19.1. The Kier molecular flexibility index (Phi) is 14.9. The lowest BCUT2D eigenvalue weighted by molar-refractivity contribution is -0.0987. The Morgan fingerprint density at radius 2 is 1.57 bits per heavy atom. The van der Waals surface area contributed by atoms with E-state index in [1.807, 2.05) is 32.3 Å². The molecule has 0 fully saturated rings. The van der Waals surface area contributed by atoms with Gasteiger partial charge in [-0.15, -0.1) is 0 Å². The molecule has 0 saturated carbocycles. The number of rotatable bonds is 10. The number of nitrogens with one attached hydrogen (secondary N) is 1. The maximum Gasteiger partial charge on any atom is 0.255 e. The maximum atomic E-state index is 14.5. The summed E-state index contributed by atoms with van der Waals surface area (Å²) in [4.78, 5) is 35.4. The van der Waals surface area contributed by atoms with E-state index in [-0.39, 0.29) is 34.7 Å². The van der Waals surface area contributed by atoms with Crippen LogP contribution in [0.1, 0.15) is 30.6 Å². The van der Waals surface area contributed by atoms with Gasteiger partial charge in [-0.1, -0.05) is 19.9 Å². The summed E-state index contributed by atoms with van der Waals surface area (Å²) < 4.78 is 59.8. The molecule has 0 saturated heterocycles. The zero-order valence-electron chi connectivity index (χ0n) is 29.8. The lowest BCUT2D eigenvalue weighted by Gasteiger charge is -2.24. The number of amides is 1. The lowest BCUT2D eigenvalue weighted by atomic mass is 9.96. The number of methoxy groups -OCH3 is 1. The Balaban J connectivity index is 0.00000120. The van der Waals surface area contributed by atoms with Crippen LogP contribution >= 0.6 is 0 Å². The monoisotopic (exact) mass is 735 g/mol. The van der Waals surface area contributed by atoms with Crippen molar-refractivity contribution >= 4 is 47.2 Å². The number of hydrogen-bond donors (Lipinski definition) is 3. The molecule has 6 rings (SSSR count). The number of ether oxygens (including phenoxy) is 1. The molecular weight excluding hydrogens is 695 g/mol. The first-order valence-electron chi connectivity index (χ1n) is 16.2. The molecule has 0 aliphatic heterocycles. The van der Waals surface area contributed by atoms with Crippen LogP contribution in [-0.4, -0.2) is 75.1 Å². The fourth-order valence-corrected chi connectivity index (χ4v) is 5.50. The lowest BCUT2D eigenvalue weighted by Crippen LogP contribution is -2.25. The predicted molar refractivity (Wildman–Crippen MR) is 196 cm³/mol. The zero-order valence-corrected chi connectivity index (χ0v) is 29.8. The highest BCUT2D eigenvalue weighted by molar-refractivity contribution is 6.13. The molecule has 280 valence electrons. The number of hydrogen-bond acceptors (Lipinski definition) is 10. The summed E-state index contributed by atoms with van der Waals surface area (Å²) >= 11 is 0. The molecule has 2 aromatic heterocycles. The number of fused-ring (bicyclic) bond motifs is 2. The van der Waals surface area contributed by atoms with Crippen molar-refractivity contribution in [3.05, 3.63) is 89.7 Å². The number of furan rings is 1. The molecule has 6 aromatic rings. The number of halogens is 3. The Morgan fingerprint density at radius 3 is 2.19 bits per heavy atom. The third kappa shape index (κ3) is 8.91. The second-order valence-electron chi connectivity index (χ2n) is 11.0. The largest absolute Gasteiger partial charge is 0.496 e. The van der Waals surface area contributed by atoms with Crippen LogP contribution in [0.3, 0.4) is 0 Å². The zero-order chi connectivity index (χ0) is 39.4. The van der Waals surface area contributed by atoms with Crippen molar-refractivity contribution in [2.45, 2.75) is 26.4 Å². The topological polar surface area (TPSA) is 155 Å². The van der Waals surface area contributed by atoms with Gasteiger partial charge in [0.2, 0.25) is 5.89 Å². The van der Waals surface area contributed by atoms with E-state index in [2.05, 4.69) is 10.3 Å². The van der Waals surface area contributed by atoms with Gasteiger partial charge in [0, 0.05) is 61.0 Å². The standard InChI is InChI=1S/C35H30F3N3O6.C2H6.2CH2O/c1-39-34(44)31-24-15-23(19-6-9-28(45-3)25(12-19)35-40-32-26(38)13-21(37)14-30(32)47-35)27(41(2)11-10-22(43)17-42)16-29(24)46-33(31)18-4-7-20(36)8-5-18;3*1-2/h4-9,12-16,22,42-43H,10-11,17H2,1-3H3,(H,39,44);1-2H3;2*1H2. The van der Waals surface area contributed by atoms with Crippen LogP contribution in [-0.2, 0) is 9.59 Å². The molecule has 0 aliphatic rings. The molecule has 0 spiro atoms. The number of carbonyl (C=O) groups excluding carboxylic acids is 3. The van der Waals surface area contributed by atoms with E-state index in [0.717, 1.165) is 12.1 Å². The van der Waals surface area contributed by atoms with E-state index in [1.54, 1.807) is 37.4 Å². The molecule has 1 unspecified atom stereocenters. The van der Waals surface area contributed by atoms with Crippen LogP contribution in [0.25, 0.3) is 56.0 Å². The van der Waals surface area contributed by atoms with Crippen LogP contribution < -0.4 is 15.0 Å². The number of aliphatic hydroxyl groups excluding tert-OH is 2. The summed E-state index contributed by atoms with van der Waals surface area (Å²) in [6.07, 6.45) is -0.679. The summed E-state index contributed by atoms with van der Waals surface area (Å²) in [5.41, 5.74) is 3.16. The highest BCUT2D eigenvalue weighted by Crippen LogP contribution is 2.43. The fraction of sp³-hybridized carbons (Fsp3) is 0.231. The van der Waals surface area contributed by atoms with Crippen molar-refractivity contribution in [3.63, 3.8) is 0 Å². The van der Waals surface area contributed by atoms with Gasteiger partial charge in [-0.3, -0.25) is 4.79 Å². The average molecular weight is 736 g/mol. The van der Waals surface area contributed by atoms with Gasteiger partial charge >= 0.3 is 0 Å². The van der Waals surface area contributed by atoms with Crippen molar-refractivity contribution in [1.82, 2.24) is 10.3 Å². The molecule has 0 radical (unpaired) electrons. The van der Waals surface area contributed by atoms with Gasteiger partial charge in [-0.05, 0) is 54.4 Å². The maximum absolute atomic E-state index is 14.5. The molecule has 0 bridgehead atoms. The first kappa shape index (κ1) is 41.4. The quantitative estimate of drug-likeness (QED) is 0.132. The van der Waals surface area contributed by atoms with Gasteiger partial charge in [0.25, 0.3) is 5.91 Å². The fourth-order valence-electron chi connectivity index (χ4n) is 5.50. The molecule has 53 heavy (non-hydrogen) atoms. The summed E-state index contributed by atoms with van der Waals surface area (Å²) in [5.74, 6) is -1.94. The second kappa shape index (κ2) is 19.0. The summed E-state index contributed by atoms with van der Waals surface area (Å²) in [7, 11) is 4.76. The molecule has 2 heterocycles. The van der Waals surface area contributed by atoms with E-state index >= 15 is 0 Å². The highest BCUT2D eigenvalue weighted by Gasteiger charge is 2.25. The number of anilines is 1. The molecule has 4 aromatic carbocycles. The van der Waals surface area contributed by atoms with Gasteiger partial charge in [0.1, 0.15) is 47.8 Å². The molecule has 1 atom stereocenters. The first-order valence-corrected chi connectivity index (χ1v) is 16.2. The SMILES string of the molecule is C=O.C=O.CC.CNC(=O)c1c(-c2ccc(F)cc2)oc2cc(N(C)CCC(O)CO)c(-c3ccc(OC)c(-c4nc5c(F)cc(F)cc5o4)c3)cc12. The van der Waals surface area contributed by atoms with E-state index in [0.29, 0.717) is 51.2 Å². The minimum absolute atomic E-state index is 0.00166. The van der Waals surface area contributed by atoms with Crippen molar-refractivity contribution in [2.24, 2.45) is 0 Å². The summed E-state index contributed by atoms with van der Waals surface area (Å²) in [5, 5.41) is 22.6. The van der Waals surface area contributed by atoms with E-state index in [1.165, 1.54) is 38.4 Å². The Hall–Kier alpha value is -5.99. The Bertz CT molecular complexity index is 2150. The molecule has 11 nitrogen and oxygen atoms in total. The smallest absolute Gasteiger partial charge is 0.255 e. The first-order chi connectivity index (χ1) is 25.6. The number of aliphatic hydroxyl groups is 2. The van der Waals surface area contributed by atoms with Crippen molar-refractivity contribution < 1.29 is 51.3 Å². The number of benzene rings is 4. The van der Waals surface area contributed by atoms with E-state index < -0.39 is 36.1 Å². The van der Waals surface area contributed by atoms with Crippen molar-refractivity contribution in [3.8, 4) is 39.7 Å². The molecule has 14 heteroatoms. The minimum Gasteiger partial charge on any atom is -0.496 e. The average Bonchev–Trinajstić information content (AvgIpc) is 3.80. The normalized spacial score (nSPS) is 11.0. The number of oxazole rings is 1. The third-order valence-corrected chi connectivity index (χ3v) is 7.94. The van der Waals surface area contributed by atoms with Gasteiger partial charge in [0.15, 0.2) is 11.4 Å². The van der Waals surface area contributed by atoms with Gasteiger partial charge in [-0.25, -0.2) is 18.2 Å². The van der Waals surface area contributed by atoms with Gasteiger partial charge in [0.05, 0.1) is 30.9 Å². The second-order valence-corrected chi connectivity index (χ2v) is 11.0.